The zero-order valence-electron chi connectivity index (χ0n) is 9.48. The van der Waals surface area contributed by atoms with Gasteiger partial charge >= 0.3 is 6.18 Å². The lowest BCUT2D eigenvalue weighted by atomic mass is 10.2. The van der Waals surface area contributed by atoms with Crippen LogP contribution in [0, 0.1) is 0 Å². The molecule has 0 unspecified atom stereocenters. The molecular weight excluding hydrogens is 261 g/mol. The lowest BCUT2D eigenvalue weighted by Gasteiger charge is -2.12. The van der Waals surface area contributed by atoms with Crippen molar-refractivity contribution >= 4 is 5.95 Å². The summed E-state index contributed by atoms with van der Waals surface area (Å²) in [5.41, 5.74) is 1.29. The number of hydrazine groups is 1. The maximum Gasteiger partial charge on any atom is 0.419 e. The molecule has 2 rings (SSSR count). The molecule has 0 radical (unpaired) electrons. The van der Waals surface area contributed by atoms with Crippen LogP contribution in [0.25, 0.3) is 0 Å². The van der Waals surface area contributed by atoms with Crippen molar-refractivity contribution in [2.24, 2.45) is 5.84 Å². The minimum atomic E-state index is -4.50. The van der Waals surface area contributed by atoms with Crippen LogP contribution >= 0.6 is 0 Å². The molecule has 0 saturated heterocycles. The van der Waals surface area contributed by atoms with E-state index in [1.165, 1.54) is 30.5 Å². The van der Waals surface area contributed by atoms with Crippen LogP contribution < -0.4 is 16.0 Å². The highest BCUT2D eigenvalue weighted by Crippen LogP contribution is 2.37. The highest BCUT2D eigenvalue weighted by atomic mass is 19.4. The summed E-state index contributed by atoms with van der Waals surface area (Å²) in [6, 6.07) is 6.18. The molecule has 0 spiro atoms. The summed E-state index contributed by atoms with van der Waals surface area (Å²) < 4.78 is 43.4. The van der Waals surface area contributed by atoms with Crippen LogP contribution in [0.3, 0.4) is 0 Å². The molecule has 0 aliphatic rings. The van der Waals surface area contributed by atoms with Crippen LogP contribution in [0.15, 0.2) is 36.5 Å². The average Bonchev–Trinajstić information content (AvgIpc) is 2.38. The van der Waals surface area contributed by atoms with Crippen LogP contribution in [0.4, 0.5) is 19.1 Å². The minimum absolute atomic E-state index is 0.0420. The van der Waals surface area contributed by atoms with E-state index in [4.69, 9.17) is 10.6 Å². The van der Waals surface area contributed by atoms with E-state index in [1.807, 2.05) is 0 Å². The van der Waals surface area contributed by atoms with Gasteiger partial charge in [0.05, 0.1) is 5.56 Å². The zero-order chi connectivity index (χ0) is 13.9. The number of hydrogen-bond acceptors (Lipinski definition) is 5. The number of hydrogen-bond donors (Lipinski definition) is 2. The van der Waals surface area contributed by atoms with Crippen LogP contribution in [-0.2, 0) is 6.18 Å². The Kier molecular flexibility index (Phi) is 3.52. The highest BCUT2D eigenvalue weighted by molar-refractivity contribution is 5.38. The van der Waals surface area contributed by atoms with Crippen molar-refractivity contribution in [3.05, 3.63) is 42.1 Å². The van der Waals surface area contributed by atoms with Gasteiger partial charge in [-0.25, -0.2) is 10.8 Å². The monoisotopic (exact) mass is 270 g/mol. The molecule has 8 heteroatoms. The van der Waals surface area contributed by atoms with E-state index >= 15 is 0 Å². The fourth-order valence-electron chi connectivity index (χ4n) is 1.37. The second-order valence-electron chi connectivity index (χ2n) is 3.46. The molecule has 5 nitrogen and oxygen atoms in total. The molecule has 0 amide bonds. The number of nitrogen functional groups attached to an aromatic ring is 1. The first-order chi connectivity index (χ1) is 9.00. The first-order valence-corrected chi connectivity index (χ1v) is 5.14. The lowest BCUT2D eigenvalue weighted by molar-refractivity contribution is -0.138. The van der Waals surface area contributed by atoms with Crippen molar-refractivity contribution in [1.29, 1.82) is 0 Å². The Morgan fingerprint density at radius 3 is 2.58 bits per heavy atom. The largest absolute Gasteiger partial charge is 0.438 e. The zero-order valence-corrected chi connectivity index (χ0v) is 9.48. The summed E-state index contributed by atoms with van der Waals surface area (Å²) in [6.45, 7) is 0. The molecule has 0 aliphatic heterocycles. The fourth-order valence-corrected chi connectivity index (χ4v) is 1.37. The summed E-state index contributed by atoms with van der Waals surface area (Å²) in [7, 11) is 0. The third-order valence-corrected chi connectivity index (χ3v) is 2.17. The maximum absolute atomic E-state index is 12.8. The molecule has 1 heterocycles. The van der Waals surface area contributed by atoms with Gasteiger partial charge in [-0.3, -0.25) is 5.43 Å². The van der Waals surface area contributed by atoms with Crippen LogP contribution in [-0.4, -0.2) is 9.97 Å². The van der Waals surface area contributed by atoms with Gasteiger partial charge in [0.25, 0.3) is 0 Å². The summed E-state index contributed by atoms with van der Waals surface area (Å²) in [5, 5.41) is 0. The third kappa shape index (κ3) is 3.10. The van der Waals surface area contributed by atoms with Crippen molar-refractivity contribution < 1.29 is 17.9 Å². The minimum Gasteiger partial charge on any atom is -0.438 e. The first-order valence-electron chi connectivity index (χ1n) is 5.14. The number of alkyl halides is 3. The third-order valence-electron chi connectivity index (χ3n) is 2.17. The van der Waals surface area contributed by atoms with E-state index < -0.39 is 11.7 Å². The van der Waals surface area contributed by atoms with Crippen molar-refractivity contribution in [1.82, 2.24) is 9.97 Å². The van der Waals surface area contributed by atoms with Gasteiger partial charge in [-0.15, -0.1) is 0 Å². The Labute approximate surface area is 106 Å². The molecule has 1 aromatic heterocycles. The molecule has 0 bridgehead atoms. The normalized spacial score (nSPS) is 11.2. The Balaban J connectivity index is 2.33. The van der Waals surface area contributed by atoms with Gasteiger partial charge in [0.15, 0.2) is 0 Å². The Bertz CT molecular complexity index is 574. The predicted molar refractivity (Wildman–Crippen MR) is 61.4 cm³/mol. The van der Waals surface area contributed by atoms with Gasteiger partial charge in [0.1, 0.15) is 5.75 Å². The summed E-state index contributed by atoms with van der Waals surface area (Å²) >= 11 is 0. The van der Waals surface area contributed by atoms with E-state index in [9.17, 15) is 13.2 Å². The molecule has 3 N–H and O–H groups in total. The van der Waals surface area contributed by atoms with Crippen molar-refractivity contribution in [2.75, 3.05) is 5.43 Å². The quantitative estimate of drug-likeness (QED) is 0.662. The van der Waals surface area contributed by atoms with Gasteiger partial charge in [0.2, 0.25) is 11.8 Å². The second-order valence-corrected chi connectivity index (χ2v) is 3.46. The van der Waals surface area contributed by atoms with Crippen molar-refractivity contribution in [2.45, 2.75) is 6.18 Å². The van der Waals surface area contributed by atoms with E-state index in [1.54, 1.807) is 0 Å². The number of halogens is 3. The smallest absolute Gasteiger partial charge is 0.419 e. The molecule has 0 saturated carbocycles. The number of para-hydroxylation sites is 1. The number of aromatic nitrogens is 2. The topological polar surface area (TPSA) is 73.1 Å². The summed E-state index contributed by atoms with van der Waals surface area (Å²) in [5.74, 6) is 4.77. The molecule has 1 aromatic carbocycles. The fraction of sp³-hybridized carbons (Fsp3) is 0.0909. The van der Waals surface area contributed by atoms with Crippen LogP contribution in [0.1, 0.15) is 5.56 Å². The predicted octanol–water partition coefficient (Wildman–Crippen LogP) is 2.57. The standard InChI is InChI=1S/C11H9F3N4O/c12-11(13,14)7-3-1-2-4-8(7)19-9-5-6-16-10(17-9)18-15/h1-6H,15H2,(H,16,17,18). The second kappa shape index (κ2) is 5.11. The van der Waals surface area contributed by atoms with Gasteiger partial charge in [0, 0.05) is 12.3 Å². The number of nitrogens with two attached hydrogens (primary N) is 1. The number of ether oxygens (including phenoxy) is 1. The average molecular weight is 270 g/mol. The highest BCUT2D eigenvalue weighted by Gasteiger charge is 2.34. The molecule has 0 aliphatic carbocycles. The molecule has 19 heavy (non-hydrogen) atoms. The maximum atomic E-state index is 12.8. The molecule has 100 valence electrons. The van der Waals surface area contributed by atoms with Crippen LogP contribution in [0.2, 0.25) is 0 Å². The van der Waals surface area contributed by atoms with Gasteiger partial charge in [-0.05, 0) is 12.1 Å². The van der Waals surface area contributed by atoms with Crippen molar-refractivity contribution in [3.63, 3.8) is 0 Å². The van der Waals surface area contributed by atoms with Gasteiger partial charge in [-0.2, -0.15) is 18.2 Å². The number of rotatable bonds is 3. The van der Waals surface area contributed by atoms with E-state index in [0.717, 1.165) is 6.07 Å². The van der Waals surface area contributed by atoms with Crippen molar-refractivity contribution in [3.8, 4) is 11.6 Å². The van der Waals surface area contributed by atoms with E-state index in [2.05, 4.69) is 15.4 Å². The number of nitrogens with one attached hydrogen (secondary N) is 1. The molecular formula is C11H9F3N4O. The first kappa shape index (κ1) is 13.1. The van der Waals surface area contributed by atoms with Gasteiger partial charge < -0.3 is 4.74 Å². The van der Waals surface area contributed by atoms with E-state index in [-0.39, 0.29) is 17.6 Å². The Morgan fingerprint density at radius 2 is 1.89 bits per heavy atom. The lowest BCUT2D eigenvalue weighted by Crippen LogP contribution is -2.11. The number of anilines is 1. The Morgan fingerprint density at radius 1 is 1.16 bits per heavy atom. The number of nitrogens with zero attached hydrogens (tertiary/aromatic N) is 2. The number of benzene rings is 1. The van der Waals surface area contributed by atoms with Crippen LogP contribution in [0.5, 0.6) is 11.6 Å². The molecule has 0 atom stereocenters. The van der Waals surface area contributed by atoms with E-state index in [0.29, 0.717) is 0 Å². The SMILES string of the molecule is NNc1nccc(Oc2ccccc2C(F)(F)F)n1. The summed E-state index contributed by atoms with van der Waals surface area (Å²) in [4.78, 5) is 7.49. The molecule has 0 fully saturated rings. The Hall–Kier alpha value is -2.35. The van der Waals surface area contributed by atoms with Gasteiger partial charge in [-0.1, -0.05) is 12.1 Å². The molecule has 2 aromatic rings. The summed E-state index contributed by atoms with van der Waals surface area (Å²) in [6.07, 6.45) is -3.19.